The molecule has 0 amide bonds. The van der Waals surface area contributed by atoms with Crippen LogP contribution in [-0.4, -0.2) is 22.3 Å². The Morgan fingerprint density at radius 3 is 2.17 bits per heavy atom. The topological polar surface area (TPSA) is 18.5 Å². The van der Waals surface area contributed by atoms with Gasteiger partial charge in [-0.3, -0.25) is 0 Å². The largest absolute Gasteiger partial charge is 0.493 e. The van der Waals surface area contributed by atoms with Crippen molar-refractivity contribution in [2.24, 2.45) is 0 Å². The van der Waals surface area contributed by atoms with Gasteiger partial charge in [0.25, 0.3) is 0 Å². The third-order valence-corrected chi connectivity index (χ3v) is 7.26. The highest BCUT2D eigenvalue weighted by Gasteiger charge is 2.27. The van der Waals surface area contributed by atoms with E-state index in [2.05, 4.69) is 55.2 Å². The maximum atomic E-state index is 5.55. The van der Waals surface area contributed by atoms with E-state index >= 15 is 0 Å². The van der Waals surface area contributed by atoms with Crippen molar-refractivity contribution < 1.29 is 9.47 Å². The summed E-state index contributed by atoms with van der Waals surface area (Å²) < 4.78 is 11.9. The standard InChI is InChI=1S/C14H23IO2Si/c1-10(18(4,5)6)11-7-8-13(16-2)14(17-3)12(11)9-15/h7-8,10H,9H2,1-6H3. The van der Waals surface area contributed by atoms with Crippen LogP contribution in [0.4, 0.5) is 0 Å². The van der Waals surface area contributed by atoms with Crippen molar-refractivity contribution >= 4 is 30.7 Å². The van der Waals surface area contributed by atoms with E-state index < -0.39 is 8.07 Å². The summed E-state index contributed by atoms with van der Waals surface area (Å²) in [6, 6.07) is 4.23. The molecular formula is C14H23IO2Si. The molecule has 0 bridgehead atoms. The van der Waals surface area contributed by atoms with Crippen LogP contribution in [-0.2, 0) is 4.43 Å². The van der Waals surface area contributed by atoms with Crippen molar-refractivity contribution in [2.45, 2.75) is 36.5 Å². The smallest absolute Gasteiger partial charge is 0.164 e. The van der Waals surface area contributed by atoms with E-state index in [0.717, 1.165) is 15.9 Å². The Morgan fingerprint density at radius 2 is 1.78 bits per heavy atom. The van der Waals surface area contributed by atoms with Crippen molar-refractivity contribution in [3.8, 4) is 11.5 Å². The molecular weight excluding hydrogens is 355 g/mol. The van der Waals surface area contributed by atoms with Gasteiger partial charge in [-0.05, 0) is 17.2 Å². The summed E-state index contributed by atoms with van der Waals surface area (Å²) in [6.07, 6.45) is 0. The maximum Gasteiger partial charge on any atom is 0.164 e. The van der Waals surface area contributed by atoms with Gasteiger partial charge in [0.2, 0.25) is 0 Å². The van der Waals surface area contributed by atoms with Crippen LogP contribution in [0.15, 0.2) is 12.1 Å². The zero-order chi connectivity index (χ0) is 13.9. The number of ether oxygens (including phenoxy) is 2. The van der Waals surface area contributed by atoms with Crippen LogP contribution < -0.4 is 9.47 Å². The quantitative estimate of drug-likeness (QED) is 0.423. The summed E-state index contributed by atoms with van der Waals surface area (Å²) in [5.41, 5.74) is 3.32. The van der Waals surface area contributed by atoms with Gasteiger partial charge in [0.15, 0.2) is 11.5 Å². The summed E-state index contributed by atoms with van der Waals surface area (Å²) in [4.78, 5) is 0. The van der Waals surface area contributed by atoms with Gasteiger partial charge in [-0.2, -0.15) is 0 Å². The molecule has 0 heterocycles. The van der Waals surface area contributed by atoms with Gasteiger partial charge < -0.3 is 9.47 Å². The highest BCUT2D eigenvalue weighted by Crippen LogP contribution is 2.40. The van der Waals surface area contributed by atoms with Crippen molar-refractivity contribution in [3.63, 3.8) is 0 Å². The van der Waals surface area contributed by atoms with E-state index in [9.17, 15) is 0 Å². The Hall–Kier alpha value is -0.233. The number of benzene rings is 1. The molecule has 1 aromatic carbocycles. The number of methoxy groups -OCH3 is 2. The van der Waals surface area contributed by atoms with E-state index in [1.807, 2.05) is 6.07 Å². The van der Waals surface area contributed by atoms with Crippen molar-refractivity contribution in [2.75, 3.05) is 14.2 Å². The van der Waals surface area contributed by atoms with Gasteiger partial charge in [-0.15, -0.1) is 0 Å². The molecule has 0 fully saturated rings. The number of hydrogen-bond donors (Lipinski definition) is 0. The van der Waals surface area contributed by atoms with Crippen LogP contribution >= 0.6 is 22.6 Å². The molecule has 1 aromatic rings. The SMILES string of the molecule is COc1ccc(C(C)[Si](C)(C)C)c(CI)c1OC. The Bertz CT molecular complexity index is 413. The fourth-order valence-corrected chi connectivity index (χ4v) is 4.01. The Balaban J connectivity index is 3.38. The van der Waals surface area contributed by atoms with Crippen LogP contribution in [0, 0.1) is 0 Å². The van der Waals surface area contributed by atoms with Crippen molar-refractivity contribution in [1.29, 1.82) is 0 Å². The van der Waals surface area contributed by atoms with E-state index in [1.54, 1.807) is 14.2 Å². The lowest BCUT2D eigenvalue weighted by Gasteiger charge is -2.28. The highest BCUT2D eigenvalue weighted by atomic mass is 127. The molecule has 0 aliphatic heterocycles. The lowest BCUT2D eigenvalue weighted by atomic mass is 10.0. The molecule has 0 spiro atoms. The van der Waals surface area contributed by atoms with Gasteiger partial charge in [-0.25, -0.2) is 0 Å². The minimum Gasteiger partial charge on any atom is -0.493 e. The van der Waals surface area contributed by atoms with Crippen LogP contribution in [0.1, 0.15) is 23.6 Å². The molecule has 18 heavy (non-hydrogen) atoms. The van der Waals surface area contributed by atoms with E-state index in [0.29, 0.717) is 5.54 Å². The summed E-state index contributed by atoms with van der Waals surface area (Å²) in [5.74, 6) is 1.73. The summed E-state index contributed by atoms with van der Waals surface area (Å²) in [6.45, 7) is 9.56. The second-order valence-corrected chi connectivity index (χ2v) is 12.0. The Labute approximate surface area is 125 Å². The predicted molar refractivity (Wildman–Crippen MR) is 89.0 cm³/mol. The lowest BCUT2D eigenvalue weighted by Crippen LogP contribution is -2.29. The molecule has 1 atom stereocenters. The summed E-state index contributed by atoms with van der Waals surface area (Å²) >= 11 is 2.40. The van der Waals surface area contributed by atoms with Crippen molar-refractivity contribution in [1.82, 2.24) is 0 Å². The van der Waals surface area contributed by atoms with Crippen LogP contribution in [0.3, 0.4) is 0 Å². The minimum absolute atomic E-state index is 0.613. The molecule has 0 radical (unpaired) electrons. The minimum atomic E-state index is -1.21. The normalized spacial score (nSPS) is 13.3. The molecule has 0 saturated carbocycles. The van der Waals surface area contributed by atoms with Gasteiger partial charge in [0.1, 0.15) is 0 Å². The van der Waals surface area contributed by atoms with E-state index in [4.69, 9.17) is 9.47 Å². The Kier molecular flexibility index (Phi) is 5.52. The second-order valence-electron chi connectivity index (χ2n) is 5.59. The first-order chi connectivity index (χ1) is 8.36. The van der Waals surface area contributed by atoms with Crippen LogP contribution in [0.2, 0.25) is 19.6 Å². The molecule has 0 aromatic heterocycles. The monoisotopic (exact) mass is 378 g/mol. The van der Waals surface area contributed by atoms with Gasteiger partial charge in [0, 0.05) is 9.99 Å². The molecule has 1 unspecified atom stereocenters. The fraction of sp³-hybridized carbons (Fsp3) is 0.571. The summed E-state index contributed by atoms with van der Waals surface area (Å²) in [7, 11) is 2.20. The zero-order valence-corrected chi connectivity index (χ0v) is 15.3. The average molecular weight is 378 g/mol. The predicted octanol–water partition coefficient (Wildman–Crippen LogP) is 4.62. The molecule has 0 N–H and O–H groups in total. The molecule has 1 rings (SSSR count). The van der Waals surface area contributed by atoms with Crippen molar-refractivity contribution in [3.05, 3.63) is 23.3 Å². The molecule has 4 heteroatoms. The summed E-state index contributed by atoms with van der Waals surface area (Å²) in [5, 5.41) is 0. The van der Waals surface area contributed by atoms with E-state index in [1.165, 1.54) is 11.1 Å². The lowest BCUT2D eigenvalue weighted by molar-refractivity contribution is 0.352. The number of hydrogen-bond acceptors (Lipinski definition) is 2. The fourth-order valence-electron chi connectivity index (χ4n) is 2.02. The average Bonchev–Trinajstić information content (AvgIpc) is 2.34. The molecule has 0 aliphatic carbocycles. The number of alkyl halides is 1. The molecule has 102 valence electrons. The van der Waals surface area contributed by atoms with Gasteiger partial charge in [0.05, 0.1) is 22.3 Å². The third-order valence-electron chi connectivity index (χ3n) is 3.58. The first-order valence-corrected chi connectivity index (χ1v) is 11.3. The third kappa shape index (κ3) is 3.20. The zero-order valence-electron chi connectivity index (χ0n) is 12.1. The van der Waals surface area contributed by atoms with Gasteiger partial charge in [-0.1, -0.05) is 55.2 Å². The molecule has 2 nitrogen and oxygen atoms in total. The Morgan fingerprint density at radius 1 is 1.17 bits per heavy atom. The van der Waals surface area contributed by atoms with Crippen LogP contribution in [0.25, 0.3) is 0 Å². The van der Waals surface area contributed by atoms with Crippen LogP contribution in [0.5, 0.6) is 11.5 Å². The first-order valence-electron chi connectivity index (χ1n) is 6.16. The van der Waals surface area contributed by atoms with Gasteiger partial charge >= 0.3 is 0 Å². The number of halogens is 1. The molecule has 0 saturated heterocycles. The number of rotatable bonds is 5. The highest BCUT2D eigenvalue weighted by molar-refractivity contribution is 14.1. The second kappa shape index (κ2) is 6.28. The molecule has 0 aliphatic rings. The maximum absolute atomic E-state index is 5.55. The van der Waals surface area contributed by atoms with E-state index in [-0.39, 0.29) is 0 Å². The first kappa shape index (κ1) is 15.8.